The molecule has 0 unspecified atom stereocenters. The van der Waals surface area contributed by atoms with E-state index in [4.69, 9.17) is 11.6 Å². The fourth-order valence-corrected chi connectivity index (χ4v) is 4.66. The number of hydrogen-bond donors (Lipinski definition) is 2. The second-order valence-corrected chi connectivity index (χ2v) is 9.66. The fourth-order valence-electron chi connectivity index (χ4n) is 3.44. The first-order valence-electron chi connectivity index (χ1n) is 9.81. The number of Topliss-reactive ketones (excluding diaryl/α,β-unsaturated/α-hetero) is 1. The van der Waals surface area contributed by atoms with Gasteiger partial charge in [-0.3, -0.25) is 14.3 Å². The van der Waals surface area contributed by atoms with E-state index in [1.54, 1.807) is 36.5 Å². The van der Waals surface area contributed by atoms with Crippen LogP contribution in [0.4, 0.5) is 14.5 Å². The number of fused-ring (bicyclic) bond motifs is 1. The first-order valence-corrected chi connectivity index (χ1v) is 11.8. The van der Waals surface area contributed by atoms with Crippen molar-refractivity contribution >= 4 is 49.9 Å². The van der Waals surface area contributed by atoms with Gasteiger partial charge in [0.25, 0.3) is 0 Å². The highest BCUT2D eigenvalue weighted by Crippen LogP contribution is 2.30. The lowest BCUT2D eigenvalue weighted by Crippen LogP contribution is -2.22. The molecule has 0 bridgehead atoms. The molecule has 0 saturated carbocycles. The highest BCUT2D eigenvalue weighted by atomic mass is 35.5. The lowest BCUT2D eigenvalue weighted by Gasteiger charge is -2.11. The number of carbonyl (C=O) groups excluding carboxylic acids is 2. The van der Waals surface area contributed by atoms with Crippen molar-refractivity contribution in [1.82, 2.24) is 9.97 Å². The minimum absolute atomic E-state index is 0.0557. The Labute approximate surface area is 197 Å². The zero-order valence-corrected chi connectivity index (χ0v) is 19.1. The van der Waals surface area contributed by atoms with Crippen LogP contribution in [0, 0.1) is 11.6 Å². The highest BCUT2D eigenvalue weighted by molar-refractivity contribution is 7.93. The molecule has 0 aliphatic carbocycles. The summed E-state index contributed by atoms with van der Waals surface area (Å²) in [5, 5.41) is 0.860. The molecule has 0 spiro atoms. The van der Waals surface area contributed by atoms with Crippen LogP contribution in [-0.4, -0.2) is 35.7 Å². The molecule has 0 amide bonds. The lowest BCUT2D eigenvalue weighted by atomic mass is 10.00. The number of pyridine rings is 1. The van der Waals surface area contributed by atoms with E-state index in [0.717, 1.165) is 24.6 Å². The SMILES string of the molecule is CC(=O)CS(=O)(=O)Nc1ccc(F)c(C(=O)c2c[nH]c3ncc(-c4ccc(Cl)cc4)cc23)c1F. The van der Waals surface area contributed by atoms with Gasteiger partial charge in [0.1, 0.15) is 23.0 Å². The Morgan fingerprint density at radius 3 is 2.47 bits per heavy atom. The van der Waals surface area contributed by atoms with Gasteiger partial charge in [0, 0.05) is 33.9 Å². The number of aromatic amines is 1. The minimum Gasteiger partial charge on any atom is -0.345 e. The predicted octanol–water partition coefficient (Wildman–Crippen LogP) is 4.72. The highest BCUT2D eigenvalue weighted by Gasteiger charge is 2.26. The van der Waals surface area contributed by atoms with Crippen LogP contribution in [0.25, 0.3) is 22.2 Å². The number of benzene rings is 2. The second kappa shape index (κ2) is 8.96. The van der Waals surface area contributed by atoms with E-state index in [-0.39, 0.29) is 5.56 Å². The zero-order valence-electron chi connectivity index (χ0n) is 17.5. The van der Waals surface area contributed by atoms with Crippen molar-refractivity contribution in [1.29, 1.82) is 0 Å². The van der Waals surface area contributed by atoms with Crippen molar-refractivity contribution in [3.8, 4) is 11.1 Å². The third-order valence-corrected chi connectivity index (χ3v) is 6.50. The maximum Gasteiger partial charge on any atom is 0.239 e. The second-order valence-electron chi connectivity index (χ2n) is 7.51. The Bertz CT molecular complexity index is 1550. The Morgan fingerprint density at radius 2 is 1.79 bits per heavy atom. The fraction of sp³-hybridized carbons (Fsp3) is 0.0870. The summed E-state index contributed by atoms with van der Waals surface area (Å²) < 4.78 is 55.6. The van der Waals surface area contributed by atoms with E-state index >= 15 is 4.39 Å². The molecule has 0 radical (unpaired) electrons. The van der Waals surface area contributed by atoms with Gasteiger partial charge in [-0.1, -0.05) is 23.7 Å². The molecule has 0 aliphatic heterocycles. The molecule has 2 heterocycles. The van der Waals surface area contributed by atoms with E-state index in [1.807, 2.05) is 4.72 Å². The molecule has 0 saturated heterocycles. The smallest absolute Gasteiger partial charge is 0.239 e. The summed E-state index contributed by atoms with van der Waals surface area (Å²) in [5.41, 5.74) is 0.0776. The molecule has 2 N–H and O–H groups in total. The average molecular weight is 504 g/mol. The van der Waals surface area contributed by atoms with Crippen LogP contribution < -0.4 is 4.72 Å². The molecule has 2 aromatic carbocycles. The van der Waals surface area contributed by atoms with Gasteiger partial charge in [0.15, 0.2) is 5.82 Å². The van der Waals surface area contributed by atoms with Crippen LogP contribution in [0.15, 0.2) is 54.9 Å². The third-order valence-electron chi connectivity index (χ3n) is 4.93. The monoisotopic (exact) mass is 503 g/mol. The normalized spacial score (nSPS) is 11.5. The van der Waals surface area contributed by atoms with Crippen LogP contribution in [0.2, 0.25) is 5.02 Å². The summed E-state index contributed by atoms with van der Waals surface area (Å²) in [4.78, 5) is 31.4. The molecule has 0 fully saturated rings. The number of nitrogens with zero attached hydrogens (tertiary/aromatic N) is 1. The maximum absolute atomic E-state index is 15.1. The summed E-state index contributed by atoms with van der Waals surface area (Å²) in [6, 6.07) is 10.2. The van der Waals surface area contributed by atoms with Crippen LogP contribution in [0.5, 0.6) is 0 Å². The quantitative estimate of drug-likeness (QED) is 0.355. The van der Waals surface area contributed by atoms with Gasteiger partial charge in [0.05, 0.1) is 11.3 Å². The summed E-state index contributed by atoms with van der Waals surface area (Å²) in [6.45, 7) is 1.05. The van der Waals surface area contributed by atoms with Gasteiger partial charge in [-0.15, -0.1) is 0 Å². The Balaban J connectivity index is 1.77. The number of ketones is 2. The molecule has 4 aromatic rings. The molecular weight excluding hydrogens is 488 g/mol. The standard InChI is InChI=1S/C23H16ClF2N3O4S/c1-12(30)11-34(32,33)29-19-7-6-18(25)20(21(19)26)22(31)17-10-28-23-16(17)8-14(9-27-23)13-2-4-15(24)5-3-13/h2-10,29H,11H2,1H3,(H,27,28). The first-order chi connectivity index (χ1) is 16.1. The van der Waals surface area contributed by atoms with Gasteiger partial charge in [-0.25, -0.2) is 22.2 Å². The number of nitrogens with one attached hydrogen (secondary N) is 2. The van der Waals surface area contributed by atoms with Crippen LogP contribution in [-0.2, 0) is 14.8 Å². The van der Waals surface area contributed by atoms with E-state index < -0.39 is 50.2 Å². The van der Waals surface area contributed by atoms with Crippen molar-refractivity contribution in [2.45, 2.75) is 6.92 Å². The zero-order chi connectivity index (χ0) is 24.6. The number of aromatic nitrogens is 2. The molecular formula is C23H16ClF2N3O4S. The molecule has 4 rings (SSSR count). The Hall–Kier alpha value is -3.63. The summed E-state index contributed by atoms with van der Waals surface area (Å²) in [7, 11) is -4.24. The van der Waals surface area contributed by atoms with Crippen molar-refractivity contribution < 1.29 is 26.8 Å². The molecule has 174 valence electrons. The lowest BCUT2D eigenvalue weighted by molar-refractivity contribution is -0.114. The molecule has 0 aliphatic rings. The number of sulfonamides is 1. The molecule has 0 atom stereocenters. The van der Waals surface area contributed by atoms with Crippen LogP contribution in [0.3, 0.4) is 0 Å². The molecule has 2 aromatic heterocycles. The number of halogens is 3. The van der Waals surface area contributed by atoms with Crippen molar-refractivity contribution in [3.63, 3.8) is 0 Å². The third kappa shape index (κ3) is 4.68. The van der Waals surface area contributed by atoms with Gasteiger partial charge >= 0.3 is 0 Å². The van der Waals surface area contributed by atoms with Crippen molar-refractivity contribution in [3.05, 3.63) is 82.6 Å². The Kier molecular flexibility index (Phi) is 6.20. The molecule has 34 heavy (non-hydrogen) atoms. The van der Waals surface area contributed by atoms with Gasteiger partial charge < -0.3 is 4.98 Å². The number of rotatable bonds is 7. The van der Waals surface area contributed by atoms with Crippen molar-refractivity contribution in [2.75, 3.05) is 10.5 Å². The first kappa shape index (κ1) is 23.5. The Morgan fingerprint density at radius 1 is 1.09 bits per heavy atom. The van der Waals surface area contributed by atoms with E-state index in [0.29, 0.717) is 21.6 Å². The average Bonchev–Trinajstić information content (AvgIpc) is 3.18. The number of carbonyl (C=O) groups is 2. The summed E-state index contributed by atoms with van der Waals surface area (Å²) in [6.07, 6.45) is 2.85. The number of H-pyrrole nitrogens is 1. The topological polar surface area (TPSA) is 109 Å². The summed E-state index contributed by atoms with van der Waals surface area (Å²) >= 11 is 5.92. The molecule has 7 nitrogen and oxygen atoms in total. The van der Waals surface area contributed by atoms with E-state index in [9.17, 15) is 22.4 Å². The van der Waals surface area contributed by atoms with Crippen LogP contribution >= 0.6 is 11.6 Å². The predicted molar refractivity (Wildman–Crippen MR) is 124 cm³/mol. The van der Waals surface area contributed by atoms with Crippen molar-refractivity contribution in [2.24, 2.45) is 0 Å². The van der Waals surface area contributed by atoms with Gasteiger partial charge in [0.2, 0.25) is 15.8 Å². The number of hydrogen-bond acceptors (Lipinski definition) is 5. The maximum atomic E-state index is 15.1. The van der Waals surface area contributed by atoms with E-state index in [1.165, 1.54) is 6.20 Å². The van der Waals surface area contributed by atoms with E-state index in [2.05, 4.69) is 9.97 Å². The minimum atomic E-state index is -4.24. The van der Waals surface area contributed by atoms with Gasteiger partial charge in [-0.05, 0) is 42.8 Å². The molecule has 11 heteroatoms. The number of anilines is 1. The van der Waals surface area contributed by atoms with Crippen LogP contribution in [0.1, 0.15) is 22.8 Å². The largest absolute Gasteiger partial charge is 0.345 e. The summed E-state index contributed by atoms with van der Waals surface area (Å²) in [5.74, 6) is -5.14. The van der Waals surface area contributed by atoms with Gasteiger partial charge in [-0.2, -0.15) is 0 Å².